The van der Waals surface area contributed by atoms with E-state index in [1.807, 2.05) is 18.5 Å². The summed E-state index contributed by atoms with van der Waals surface area (Å²) in [4.78, 5) is 16.6. The number of likely N-dealkylation sites (tertiary alicyclic amines) is 2. The minimum absolute atomic E-state index is 0.0223. The highest BCUT2D eigenvalue weighted by atomic mass is 32.2. The molecule has 12 heteroatoms. The van der Waals surface area contributed by atoms with Crippen molar-refractivity contribution in [1.29, 1.82) is 0 Å². The molecule has 1 aromatic carbocycles. The monoisotopic (exact) mass is 609 g/mol. The number of nitrogens with one attached hydrogen (secondary N) is 1. The first-order chi connectivity index (χ1) is 19.9. The number of aliphatic hydroxyl groups is 2. The van der Waals surface area contributed by atoms with Crippen LogP contribution in [0.5, 0.6) is 0 Å². The maximum atomic E-state index is 13.9. The Kier molecular flexibility index (Phi) is 9.58. The number of aromatic nitrogens is 2. The Balaban J connectivity index is 1.33. The van der Waals surface area contributed by atoms with E-state index in [1.165, 1.54) is 12.1 Å². The van der Waals surface area contributed by atoms with Gasteiger partial charge in [0.15, 0.2) is 0 Å². The highest BCUT2D eigenvalue weighted by Crippen LogP contribution is 2.40. The minimum atomic E-state index is -4.54. The van der Waals surface area contributed by atoms with Crippen LogP contribution in [-0.2, 0) is 30.5 Å². The molecule has 2 saturated heterocycles. The van der Waals surface area contributed by atoms with E-state index in [4.69, 9.17) is 5.10 Å². The maximum absolute atomic E-state index is 13.9. The first kappa shape index (κ1) is 31.3. The van der Waals surface area contributed by atoms with Crippen molar-refractivity contribution >= 4 is 17.7 Å². The summed E-state index contributed by atoms with van der Waals surface area (Å²) in [7, 11) is 0. The highest BCUT2D eigenvalue weighted by molar-refractivity contribution is 8.00. The van der Waals surface area contributed by atoms with Gasteiger partial charge in [-0.3, -0.25) is 9.48 Å². The fraction of sp³-hybridized carbons (Fsp3) is 0.667. The van der Waals surface area contributed by atoms with Crippen LogP contribution in [0.25, 0.3) is 11.3 Å². The summed E-state index contributed by atoms with van der Waals surface area (Å²) in [6.45, 7) is 8.72. The normalized spacial score (nSPS) is 19.7. The van der Waals surface area contributed by atoms with Crippen molar-refractivity contribution < 1.29 is 28.2 Å². The van der Waals surface area contributed by atoms with Crippen LogP contribution in [0.4, 0.5) is 13.2 Å². The number of fused-ring (bicyclic) bond motifs is 1. The quantitative estimate of drug-likeness (QED) is 0.373. The molecule has 0 saturated carbocycles. The molecule has 0 spiro atoms. The molecule has 1 amide bonds. The predicted molar refractivity (Wildman–Crippen MR) is 156 cm³/mol. The molecule has 232 valence electrons. The van der Waals surface area contributed by atoms with Gasteiger partial charge >= 0.3 is 6.18 Å². The molecule has 3 N–H and O–H groups in total. The predicted octanol–water partition coefficient (Wildman–Crippen LogP) is 3.77. The zero-order valence-corrected chi connectivity index (χ0v) is 25.2. The Hall–Kier alpha value is -2.12. The second-order valence-corrected chi connectivity index (χ2v) is 13.4. The summed E-state index contributed by atoms with van der Waals surface area (Å²) in [6, 6.07) is 4.06. The molecule has 0 aliphatic carbocycles. The average Bonchev–Trinajstić information content (AvgIpc) is 3.60. The number of carbonyl (C=O) groups excluding carboxylic acids is 1. The summed E-state index contributed by atoms with van der Waals surface area (Å²) >= 11 is 0.931. The van der Waals surface area contributed by atoms with Crippen LogP contribution in [0.1, 0.15) is 56.4 Å². The van der Waals surface area contributed by atoms with E-state index in [-0.39, 0.29) is 22.5 Å². The number of hydrogen-bond donors (Lipinski definition) is 3. The summed E-state index contributed by atoms with van der Waals surface area (Å²) < 4.78 is 43.6. The van der Waals surface area contributed by atoms with Crippen LogP contribution >= 0.6 is 11.8 Å². The first-order valence-corrected chi connectivity index (χ1v) is 15.9. The largest absolute Gasteiger partial charge is 0.417 e. The Morgan fingerprint density at radius 1 is 1.14 bits per heavy atom. The number of alkyl halides is 3. The summed E-state index contributed by atoms with van der Waals surface area (Å²) in [6.07, 6.45) is -0.886. The summed E-state index contributed by atoms with van der Waals surface area (Å²) in [5.41, 5.74) is 1.65. The third kappa shape index (κ3) is 7.32. The molecular weight excluding hydrogens is 567 g/mol. The van der Waals surface area contributed by atoms with Gasteiger partial charge < -0.3 is 25.3 Å². The fourth-order valence-corrected chi connectivity index (χ4v) is 7.41. The van der Waals surface area contributed by atoms with Crippen molar-refractivity contribution in [2.24, 2.45) is 5.92 Å². The van der Waals surface area contributed by atoms with Crippen molar-refractivity contribution in [3.05, 3.63) is 35.0 Å². The maximum Gasteiger partial charge on any atom is 0.417 e. The van der Waals surface area contributed by atoms with E-state index < -0.39 is 23.4 Å². The van der Waals surface area contributed by atoms with E-state index in [2.05, 4.69) is 10.2 Å². The fourth-order valence-electron chi connectivity index (χ4n) is 6.40. The second-order valence-electron chi connectivity index (χ2n) is 12.4. The standard InChI is InChI=1S/C30H42F3N5O3S/c1-29(2,41)21-8-13-36(14-9-21)17-22(39)18-38-25-7-10-34-16-23(25)28(35-38)20-5-6-24(30(31,32)33)26(15-20)42-19-27(40)37-11-3-4-12-37/h5-6,15,21-22,34,39,41H,3-4,7-14,16-19H2,1-2H3. The lowest BCUT2D eigenvalue weighted by Crippen LogP contribution is -2.44. The van der Waals surface area contributed by atoms with Gasteiger partial charge in [0.1, 0.15) is 0 Å². The molecule has 4 heterocycles. The number of amides is 1. The van der Waals surface area contributed by atoms with Crippen LogP contribution in [0, 0.1) is 5.92 Å². The lowest BCUT2D eigenvalue weighted by atomic mass is 9.83. The number of benzene rings is 1. The zero-order valence-electron chi connectivity index (χ0n) is 24.4. The lowest BCUT2D eigenvalue weighted by molar-refractivity contribution is -0.139. The van der Waals surface area contributed by atoms with Gasteiger partial charge in [-0.2, -0.15) is 18.3 Å². The average molecular weight is 610 g/mol. The van der Waals surface area contributed by atoms with Crippen LogP contribution in [0.15, 0.2) is 23.1 Å². The molecule has 1 unspecified atom stereocenters. The number of aliphatic hydroxyl groups excluding tert-OH is 1. The zero-order chi connectivity index (χ0) is 30.1. The molecule has 1 aromatic heterocycles. The number of β-amino-alcohol motifs (C(OH)–C–C–N with tert-alkyl or cyclic N) is 1. The van der Waals surface area contributed by atoms with E-state index in [1.54, 1.807) is 4.90 Å². The molecule has 0 radical (unpaired) electrons. The Bertz CT molecular complexity index is 1250. The molecule has 2 aromatic rings. The summed E-state index contributed by atoms with van der Waals surface area (Å²) in [5, 5.41) is 29.5. The molecule has 0 bridgehead atoms. The molecule has 42 heavy (non-hydrogen) atoms. The van der Waals surface area contributed by atoms with Crippen molar-refractivity contribution in [2.45, 2.75) is 81.8 Å². The number of thioether (sulfide) groups is 1. The van der Waals surface area contributed by atoms with E-state index in [9.17, 15) is 28.2 Å². The van der Waals surface area contributed by atoms with Gasteiger partial charge in [-0.05, 0) is 70.7 Å². The van der Waals surface area contributed by atoms with Gasteiger partial charge in [0.2, 0.25) is 5.91 Å². The smallest absolute Gasteiger partial charge is 0.390 e. The Morgan fingerprint density at radius 2 is 1.86 bits per heavy atom. The first-order valence-electron chi connectivity index (χ1n) is 14.9. The van der Waals surface area contributed by atoms with Gasteiger partial charge in [0.05, 0.1) is 35.3 Å². The SMILES string of the molecule is CC(C)(O)C1CCN(CC(O)Cn2nc(-c3ccc(C(F)(F)F)c(SCC(=O)N4CCCC4)c3)c3c2CCNC3)CC1. The number of piperidine rings is 1. The molecule has 3 aliphatic heterocycles. The minimum Gasteiger partial charge on any atom is -0.390 e. The van der Waals surface area contributed by atoms with Crippen LogP contribution in [0.3, 0.4) is 0 Å². The molecular formula is C30H42F3N5O3S. The molecule has 8 nitrogen and oxygen atoms in total. The molecule has 5 rings (SSSR count). The van der Waals surface area contributed by atoms with E-state index >= 15 is 0 Å². The third-order valence-electron chi connectivity index (χ3n) is 8.82. The van der Waals surface area contributed by atoms with Gasteiger partial charge in [0, 0.05) is 60.9 Å². The second kappa shape index (κ2) is 12.9. The third-order valence-corrected chi connectivity index (χ3v) is 9.86. The van der Waals surface area contributed by atoms with Crippen molar-refractivity contribution in [3.63, 3.8) is 0 Å². The number of hydrogen-bond acceptors (Lipinski definition) is 7. The lowest BCUT2D eigenvalue weighted by Gasteiger charge is -2.38. The summed E-state index contributed by atoms with van der Waals surface area (Å²) in [5.74, 6) is 0.0595. The Labute approximate surface area is 249 Å². The Morgan fingerprint density at radius 3 is 2.52 bits per heavy atom. The van der Waals surface area contributed by atoms with Crippen LogP contribution < -0.4 is 5.32 Å². The molecule has 3 aliphatic rings. The van der Waals surface area contributed by atoms with Gasteiger partial charge in [0.25, 0.3) is 0 Å². The topological polar surface area (TPSA) is 93.9 Å². The number of carbonyl (C=O) groups is 1. The van der Waals surface area contributed by atoms with Crippen molar-refractivity contribution in [2.75, 3.05) is 45.0 Å². The van der Waals surface area contributed by atoms with Crippen molar-refractivity contribution in [1.82, 2.24) is 24.9 Å². The van der Waals surface area contributed by atoms with Crippen molar-refractivity contribution in [3.8, 4) is 11.3 Å². The van der Waals surface area contributed by atoms with Crippen LogP contribution in [0.2, 0.25) is 0 Å². The van der Waals surface area contributed by atoms with Crippen LogP contribution in [-0.4, -0.2) is 92.4 Å². The van der Waals surface area contributed by atoms with E-state index in [0.29, 0.717) is 50.4 Å². The number of rotatable bonds is 9. The highest BCUT2D eigenvalue weighted by Gasteiger charge is 2.35. The number of nitrogens with zero attached hydrogens (tertiary/aromatic N) is 4. The molecule has 2 fully saturated rings. The van der Waals surface area contributed by atoms with Gasteiger partial charge in [-0.1, -0.05) is 6.07 Å². The van der Waals surface area contributed by atoms with Gasteiger partial charge in [-0.25, -0.2) is 0 Å². The molecule has 1 atom stereocenters. The van der Waals surface area contributed by atoms with E-state index in [0.717, 1.165) is 74.4 Å². The number of halogens is 3. The van der Waals surface area contributed by atoms with Gasteiger partial charge in [-0.15, -0.1) is 11.8 Å².